The first-order chi connectivity index (χ1) is 5.88. The minimum atomic E-state index is -3.32. The molecule has 0 bridgehead atoms. The van der Waals surface area contributed by atoms with Gasteiger partial charge in [0.15, 0.2) is 0 Å². The highest BCUT2D eigenvalue weighted by Crippen LogP contribution is 2.24. The summed E-state index contributed by atoms with van der Waals surface area (Å²) in [5.41, 5.74) is 1.07. The molecular weight excluding hydrogens is 190 g/mol. The van der Waals surface area contributed by atoms with Crippen molar-refractivity contribution in [2.45, 2.75) is 6.92 Å². The van der Waals surface area contributed by atoms with Crippen LogP contribution in [0.25, 0.3) is 0 Å². The van der Waals surface area contributed by atoms with Gasteiger partial charge in [-0.15, -0.1) is 0 Å². The van der Waals surface area contributed by atoms with Crippen molar-refractivity contribution >= 4 is 15.7 Å². The van der Waals surface area contributed by atoms with E-state index in [4.69, 9.17) is 0 Å². The summed E-state index contributed by atoms with van der Waals surface area (Å²) >= 11 is 0. The zero-order valence-electron chi connectivity index (χ0n) is 7.40. The van der Waals surface area contributed by atoms with E-state index in [0.717, 1.165) is 11.8 Å². The maximum Gasteiger partial charge on any atom is 0.229 e. The zero-order valence-corrected chi connectivity index (χ0v) is 8.22. The average Bonchev–Trinajstić information content (AvgIpc) is 1.93. The second-order valence-corrected chi connectivity index (χ2v) is 4.64. The third kappa shape index (κ3) is 2.95. The zero-order chi connectivity index (χ0) is 10.1. The Morgan fingerprint density at radius 2 is 2.00 bits per heavy atom. The number of benzene rings is 1. The summed E-state index contributed by atoms with van der Waals surface area (Å²) in [6, 6.07) is 4.73. The van der Waals surface area contributed by atoms with Crippen LogP contribution in [0.1, 0.15) is 5.56 Å². The van der Waals surface area contributed by atoms with Crippen LogP contribution in [0.5, 0.6) is 5.75 Å². The number of rotatable bonds is 2. The van der Waals surface area contributed by atoms with Crippen LogP contribution in [0, 0.1) is 6.92 Å². The third-order valence-corrected chi connectivity index (χ3v) is 2.04. The number of aromatic hydroxyl groups is 1. The molecule has 0 aromatic heterocycles. The molecule has 0 aliphatic rings. The minimum Gasteiger partial charge on any atom is -0.506 e. The highest BCUT2D eigenvalue weighted by atomic mass is 32.2. The molecule has 1 rings (SSSR count). The van der Waals surface area contributed by atoms with Gasteiger partial charge >= 0.3 is 0 Å². The summed E-state index contributed by atoms with van der Waals surface area (Å²) < 4.78 is 23.8. The predicted molar refractivity (Wildman–Crippen MR) is 51.3 cm³/mol. The van der Waals surface area contributed by atoms with Crippen molar-refractivity contribution in [2.24, 2.45) is 0 Å². The van der Waals surface area contributed by atoms with Gasteiger partial charge in [-0.2, -0.15) is 0 Å². The predicted octanol–water partition coefficient (Wildman–Crippen LogP) is 1.07. The van der Waals surface area contributed by atoms with E-state index in [1.54, 1.807) is 6.07 Å². The van der Waals surface area contributed by atoms with Gasteiger partial charge in [0.25, 0.3) is 0 Å². The highest BCUT2D eigenvalue weighted by molar-refractivity contribution is 7.92. The molecule has 0 fully saturated rings. The van der Waals surface area contributed by atoms with Crippen LogP contribution >= 0.6 is 0 Å². The SMILES string of the molecule is Cc1ccc(NS(C)(=O)=O)c(O)c1. The molecule has 0 heterocycles. The maximum absolute atomic E-state index is 10.8. The molecule has 0 atom stereocenters. The number of anilines is 1. The van der Waals surface area contributed by atoms with Crippen LogP contribution in [0.15, 0.2) is 18.2 Å². The van der Waals surface area contributed by atoms with E-state index in [1.807, 2.05) is 6.92 Å². The Hall–Kier alpha value is -1.23. The molecule has 0 aliphatic heterocycles. The Kier molecular flexibility index (Phi) is 2.47. The summed E-state index contributed by atoms with van der Waals surface area (Å²) in [5, 5.41) is 9.33. The fourth-order valence-corrected chi connectivity index (χ4v) is 1.50. The lowest BCUT2D eigenvalue weighted by molar-refractivity contribution is 0.477. The van der Waals surface area contributed by atoms with Crippen molar-refractivity contribution < 1.29 is 13.5 Å². The molecule has 5 heteroatoms. The Labute approximate surface area is 77.3 Å². The maximum atomic E-state index is 10.8. The van der Waals surface area contributed by atoms with E-state index >= 15 is 0 Å². The van der Waals surface area contributed by atoms with Crippen LogP contribution in [-0.4, -0.2) is 19.8 Å². The van der Waals surface area contributed by atoms with E-state index in [-0.39, 0.29) is 11.4 Å². The summed E-state index contributed by atoms with van der Waals surface area (Å²) in [6.45, 7) is 1.81. The van der Waals surface area contributed by atoms with E-state index in [0.29, 0.717) is 0 Å². The molecular formula is C8H11NO3S. The smallest absolute Gasteiger partial charge is 0.229 e. The fraction of sp³-hybridized carbons (Fsp3) is 0.250. The van der Waals surface area contributed by atoms with Gasteiger partial charge < -0.3 is 5.11 Å². The van der Waals surface area contributed by atoms with Crippen LogP contribution in [0.3, 0.4) is 0 Å². The third-order valence-electron chi connectivity index (χ3n) is 1.45. The van der Waals surface area contributed by atoms with Gasteiger partial charge in [-0.25, -0.2) is 8.42 Å². The normalized spacial score (nSPS) is 11.2. The molecule has 0 saturated carbocycles. The molecule has 1 aromatic rings. The first-order valence-electron chi connectivity index (χ1n) is 3.66. The Morgan fingerprint density at radius 1 is 1.38 bits per heavy atom. The van der Waals surface area contributed by atoms with Crippen LogP contribution in [-0.2, 0) is 10.0 Å². The summed E-state index contributed by atoms with van der Waals surface area (Å²) in [6.07, 6.45) is 1.03. The van der Waals surface area contributed by atoms with Gasteiger partial charge in [-0.05, 0) is 24.6 Å². The number of aryl methyl sites for hydroxylation is 1. The molecule has 0 radical (unpaired) electrons. The van der Waals surface area contributed by atoms with Gasteiger partial charge in [-0.3, -0.25) is 4.72 Å². The van der Waals surface area contributed by atoms with Crippen molar-refractivity contribution in [3.63, 3.8) is 0 Å². The Bertz CT molecular complexity index is 411. The molecule has 13 heavy (non-hydrogen) atoms. The van der Waals surface area contributed by atoms with E-state index in [2.05, 4.69) is 4.72 Å². The standard InChI is InChI=1S/C8H11NO3S/c1-6-3-4-7(8(10)5-6)9-13(2,11)12/h3-5,9-10H,1-2H3. The molecule has 0 aliphatic carbocycles. The molecule has 0 unspecified atom stereocenters. The molecule has 2 N–H and O–H groups in total. The topological polar surface area (TPSA) is 66.4 Å². The molecule has 72 valence electrons. The molecule has 4 nitrogen and oxygen atoms in total. The highest BCUT2D eigenvalue weighted by Gasteiger charge is 2.05. The second kappa shape index (κ2) is 3.26. The Morgan fingerprint density at radius 3 is 2.46 bits per heavy atom. The van der Waals surface area contributed by atoms with E-state index < -0.39 is 10.0 Å². The second-order valence-electron chi connectivity index (χ2n) is 2.89. The van der Waals surface area contributed by atoms with Crippen molar-refractivity contribution in [3.05, 3.63) is 23.8 Å². The average molecular weight is 201 g/mol. The minimum absolute atomic E-state index is 0.0644. The number of nitrogens with one attached hydrogen (secondary N) is 1. The summed E-state index contributed by atoms with van der Waals surface area (Å²) in [4.78, 5) is 0. The number of phenols is 1. The summed E-state index contributed by atoms with van der Waals surface area (Å²) in [5.74, 6) is -0.0644. The van der Waals surface area contributed by atoms with Crippen LogP contribution < -0.4 is 4.72 Å². The number of hydrogen-bond acceptors (Lipinski definition) is 3. The van der Waals surface area contributed by atoms with Crippen LogP contribution in [0.2, 0.25) is 0 Å². The number of hydrogen-bond donors (Lipinski definition) is 2. The molecule has 1 aromatic carbocycles. The summed E-state index contributed by atoms with van der Waals surface area (Å²) in [7, 11) is -3.32. The molecule has 0 amide bonds. The first-order valence-corrected chi connectivity index (χ1v) is 5.55. The Balaban J connectivity index is 3.04. The van der Waals surface area contributed by atoms with Gasteiger partial charge in [0.2, 0.25) is 10.0 Å². The lowest BCUT2D eigenvalue weighted by atomic mass is 10.2. The van der Waals surface area contributed by atoms with Gasteiger partial charge in [-0.1, -0.05) is 6.07 Å². The van der Waals surface area contributed by atoms with E-state index in [9.17, 15) is 13.5 Å². The van der Waals surface area contributed by atoms with Crippen molar-refractivity contribution in [1.29, 1.82) is 0 Å². The molecule has 0 saturated heterocycles. The van der Waals surface area contributed by atoms with E-state index in [1.165, 1.54) is 12.1 Å². The van der Waals surface area contributed by atoms with Crippen molar-refractivity contribution in [3.8, 4) is 5.75 Å². The fourth-order valence-electron chi connectivity index (χ4n) is 0.928. The largest absolute Gasteiger partial charge is 0.506 e. The number of sulfonamides is 1. The lowest BCUT2D eigenvalue weighted by Crippen LogP contribution is -2.09. The van der Waals surface area contributed by atoms with Crippen molar-refractivity contribution in [1.82, 2.24) is 0 Å². The van der Waals surface area contributed by atoms with Crippen molar-refractivity contribution in [2.75, 3.05) is 11.0 Å². The number of phenolic OH excluding ortho intramolecular Hbond substituents is 1. The van der Waals surface area contributed by atoms with Gasteiger partial charge in [0.05, 0.1) is 11.9 Å². The molecule has 0 spiro atoms. The monoisotopic (exact) mass is 201 g/mol. The lowest BCUT2D eigenvalue weighted by Gasteiger charge is -2.06. The van der Waals surface area contributed by atoms with Crippen LogP contribution in [0.4, 0.5) is 5.69 Å². The van der Waals surface area contributed by atoms with Gasteiger partial charge in [0, 0.05) is 0 Å². The van der Waals surface area contributed by atoms with Gasteiger partial charge in [0.1, 0.15) is 5.75 Å². The quantitative estimate of drug-likeness (QED) is 0.703. The first kappa shape index (κ1) is 9.85.